The summed E-state index contributed by atoms with van der Waals surface area (Å²) in [4.78, 5) is 4.84. The molecule has 0 amide bonds. The molecule has 3 aromatic carbocycles. The summed E-state index contributed by atoms with van der Waals surface area (Å²) in [6, 6.07) is 31.7. The molecule has 0 aliphatic carbocycles. The average molecular weight is 461 g/mol. The van der Waals surface area contributed by atoms with E-state index in [0.29, 0.717) is 11.8 Å². The van der Waals surface area contributed by atoms with E-state index in [0.717, 1.165) is 5.44 Å². The quantitative estimate of drug-likeness (QED) is 0.241. The van der Waals surface area contributed by atoms with E-state index in [-0.39, 0.29) is 0 Å². The number of nitrogens with zero attached hydrogens (tertiary/aromatic N) is 1. The van der Waals surface area contributed by atoms with E-state index in [2.05, 4.69) is 72.8 Å². The van der Waals surface area contributed by atoms with E-state index >= 15 is 0 Å². The fourth-order valence-corrected chi connectivity index (χ4v) is 7.70. The molecule has 9 heteroatoms. The van der Waals surface area contributed by atoms with Crippen molar-refractivity contribution < 1.29 is 26.4 Å². The summed E-state index contributed by atoms with van der Waals surface area (Å²) in [5, 5.41) is 3.65. The Morgan fingerprint density at radius 3 is 1.38 bits per heavy atom. The van der Waals surface area contributed by atoms with Crippen molar-refractivity contribution in [3.8, 4) is 5.95 Å². The molecule has 0 radical (unpaired) electrons. The number of methoxy groups -OCH3 is 1. The van der Waals surface area contributed by atoms with Crippen molar-refractivity contribution in [3.05, 3.63) is 96.9 Å². The highest BCUT2D eigenvalue weighted by Gasteiger charge is 2.53. The average Bonchev–Trinajstić information content (AvgIpc) is 3.16. The fourth-order valence-electron chi connectivity index (χ4n) is 3.51. The van der Waals surface area contributed by atoms with E-state index < -0.39 is 14.5 Å². The van der Waals surface area contributed by atoms with Gasteiger partial charge in [-0.15, -0.1) is 0 Å². The monoisotopic (exact) mass is 461 g/mol. The number of rotatable bonds is 5. The van der Waals surface area contributed by atoms with Crippen LogP contribution in [0.2, 0.25) is 0 Å². The Bertz CT molecular complexity index is 1020. The summed E-state index contributed by atoms with van der Waals surface area (Å²) in [6.07, 6.45) is 0. The normalized spacial score (nSPS) is 11.4. The van der Waals surface area contributed by atoms with Crippen LogP contribution in [0.15, 0.2) is 95.4 Å². The lowest BCUT2D eigenvalue weighted by atomic mass is 10.3. The zero-order valence-corrected chi connectivity index (χ0v) is 18.4. The van der Waals surface area contributed by atoms with Crippen LogP contribution in [0, 0.1) is 6.92 Å². The molecule has 0 fully saturated rings. The number of hydrogen-bond acceptors (Lipinski definition) is 3. The minimum atomic E-state index is -6.00. The SMILES string of the molecule is COc1oc(C)nc1[P+](c1ccccc1)(c1ccccc1)c1ccccc1.F[B-](F)(F)F. The van der Waals surface area contributed by atoms with Crippen LogP contribution in [0.1, 0.15) is 5.89 Å². The van der Waals surface area contributed by atoms with Gasteiger partial charge in [-0.1, -0.05) is 54.6 Å². The summed E-state index contributed by atoms with van der Waals surface area (Å²) in [7, 11) is -6.63. The number of halogens is 4. The van der Waals surface area contributed by atoms with E-state index in [9.17, 15) is 17.3 Å². The first-order valence-electron chi connectivity index (χ1n) is 9.72. The van der Waals surface area contributed by atoms with Crippen molar-refractivity contribution in [3.63, 3.8) is 0 Å². The van der Waals surface area contributed by atoms with Crippen molar-refractivity contribution in [2.45, 2.75) is 6.92 Å². The number of aryl methyl sites for hydroxylation is 1. The second-order valence-corrected chi connectivity index (χ2v) is 10.0. The second-order valence-electron chi connectivity index (χ2n) is 6.72. The van der Waals surface area contributed by atoms with Gasteiger partial charge >= 0.3 is 13.2 Å². The third-order valence-electron chi connectivity index (χ3n) is 4.62. The van der Waals surface area contributed by atoms with Gasteiger partial charge in [0.1, 0.15) is 15.9 Å². The minimum absolute atomic E-state index is 0.484. The van der Waals surface area contributed by atoms with Crippen LogP contribution >= 0.6 is 7.26 Å². The van der Waals surface area contributed by atoms with Gasteiger partial charge in [-0.2, -0.15) is 4.98 Å². The van der Waals surface area contributed by atoms with Crippen LogP contribution in [0.5, 0.6) is 5.95 Å². The van der Waals surface area contributed by atoms with E-state index in [1.165, 1.54) is 15.9 Å². The molecule has 3 nitrogen and oxygen atoms in total. The molecule has 0 aliphatic rings. The molecule has 32 heavy (non-hydrogen) atoms. The predicted molar refractivity (Wildman–Crippen MR) is 123 cm³/mol. The molecule has 4 rings (SSSR count). The summed E-state index contributed by atoms with van der Waals surface area (Å²) in [6.45, 7) is 1.86. The van der Waals surface area contributed by atoms with Crippen LogP contribution < -0.4 is 26.1 Å². The third-order valence-corrected chi connectivity index (χ3v) is 8.76. The van der Waals surface area contributed by atoms with Gasteiger partial charge in [0.2, 0.25) is 0 Å². The van der Waals surface area contributed by atoms with Gasteiger partial charge in [0.15, 0.2) is 13.2 Å². The van der Waals surface area contributed by atoms with Gasteiger partial charge in [0.05, 0.1) is 7.11 Å². The molecule has 0 atom stereocenters. The molecule has 0 saturated carbocycles. The van der Waals surface area contributed by atoms with Crippen molar-refractivity contribution in [2.24, 2.45) is 0 Å². The van der Waals surface area contributed by atoms with Gasteiger partial charge < -0.3 is 26.4 Å². The van der Waals surface area contributed by atoms with Crippen molar-refractivity contribution in [1.29, 1.82) is 0 Å². The Kier molecular flexibility index (Phi) is 7.36. The largest absolute Gasteiger partial charge is 0.673 e. The Labute approximate surface area is 184 Å². The lowest BCUT2D eigenvalue weighted by Crippen LogP contribution is -2.39. The molecular weight excluding hydrogens is 440 g/mol. The van der Waals surface area contributed by atoms with E-state index in [1.807, 2.05) is 25.1 Å². The summed E-state index contributed by atoms with van der Waals surface area (Å²) >= 11 is 0. The Balaban J connectivity index is 0.000000523. The molecule has 166 valence electrons. The van der Waals surface area contributed by atoms with Crippen LogP contribution in [0.25, 0.3) is 0 Å². The number of benzene rings is 3. The van der Waals surface area contributed by atoms with Gasteiger partial charge in [0, 0.05) is 6.92 Å². The minimum Gasteiger partial charge on any atom is -0.464 e. The standard InChI is InChI=1S/C23H21NO2P.BF4/c1-18-24-22(23(25-2)26-18)27(19-12-6-3-7-13-19,20-14-8-4-9-15-20)21-16-10-5-11-17-21;2-1(3,4)5/h3-17H,1-2H3;/q+1;-1. The highest BCUT2D eigenvalue weighted by atomic mass is 31.2. The third kappa shape index (κ3) is 5.20. The summed E-state index contributed by atoms with van der Waals surface area (Å²) < 4.78 is 50.5. The number of hydrogen-bond donors (Lipinski definition) is 0. The molecule has 0 spiro atoms. The maximum absolute atomic E-state index is 9.75. The van der Waals surface area contributed by atoms with Crippen LogP contribution in [0.4, 0.5) is 17.3 Å². The maximum atomic E-state index is 9.75. The lowest BCUT2D eigenvalue weighted by molar-refractivity contribution is 0.300. The van der Waals surface area contributed by atoms with E-state index in [1.54, 1.807) is 7.11 Å². The Hall–Kier alpha value is -3.12. The number of oxazole rings is 1. The molecule has 0 aliphatic heterocycles. The maximum Gasteiger partial charge on any atom is 0.673 e. The Morgan fingerprint density at radius 1 is 0.719 bits per heavy atom. The highest BCUT2D eigenvalue weighted by molar-refractivity contribution is 8.01. The predicted octanol–water partition coefficient (Wildman–Crippen LogP) is 4.91. The summed E-state index contributed by atoms with van der Waals surface area (Å²) in [5.74, 6) is 1.09. The molecule has 0 saturated heterocycles. The van der Waals surface area contributed by atoms with Crippen molar-refractivity contribution in [2.75, 3.05) is 7.11 Å². The molecule has 1 aromatic heterocycles. The number of aromatic nitrogens is 1. The second kappa shape index (κ2) is 10.0. The van der Waals surface area contributed by atoms with E-state index in [4.69, 9.17) is 14.1 Å². The Morgan fingerprint density at radius 2 is 1.06 bits per heavy atom. The van der Waals surface area contributed by atoms with Crippen LogP contribution in [-0.4, -0.2) is 19.3 Å². The molecule has 0 unspecified atom stereocenters. The molecule has 1 heterocycles. The molecular formula is C23H21BF4NO2P. The molecule has 4 aromatic rings. The lowest BCUT2D eigenvalue weighted by Gasteiger charge is -2.25. The molecule has 0 bridgehead atoms. The van der Waals surface area contributed by atoms with Gasteiger partial charge in [-0.3, -0.25) is 0 Å². The van der Waals surface area contributed by atoms with Gasteiger partial charge in [-0.05, 0) is 36.4 Å². The van der Waals surface area contributed by atoms with Crippen molar-refractivity contribution in [1.82, 2.24) is 4.98 Å². The van der Waals surface area contributed by atoms with Gasteiger partial charge in [0.25, 0.3) is 5.44 Å². The smallest absolute Gasteiger partial charge is 0.464 e. The first-order chi connectivity index (χ1) is 15.3. The topological polar surface area (TPSA) is 35.3 Å². The zero-order chi connectivity index (χ0) is 23.2. The van der Waals surface area contributed by atoms with Crippen LogP contribution in [-0.2, 0) is 0 Å². The zero-order valence-electron chi connectivity index (χ0n) is 17.5. The first kappa shape index (κ1) is 23.5. The highest BCUT2D eigenvalue weighted by Crippen LogP contribution is 2.55. The summed E-state index contributed by atoms with van der Waals surface area (Å²) in [5.41, 5.74) is 0.867. The first-order valence-corrected chi connectivity index (χ1v) is 11.5. The number of ether oxygens (including phenoxy) is 1. The van der Waals surface area contributed by atoms with Crippen molar-refractivity contribution >= 4 is 35.9 Å². The fraction of sp³-hybridized carbons (Fsp3) is 0.0870. The van der Waals surface area contributed by atoms with Gasteiger partial charge in [-0.25, -0.2) is 0 Å². The molecule has 0 N–H and O–H groups in total. The van der Waals surface area contributed by atoms with Crippen LogP contribution in [0.3, 0.4) is 0 Å².